The Kier molecular flexibility index (Phi) is 4.60. The van der Waals surface area contributed by atoms with Crippen LogP contribution in [0, 0.1) is 12.8 Å². The number of ether oxygens (including phenoxy) is 1. The van der Waals surface area contributed by atoms with Crippen LogP contribution in [0.5, 0.6) is 0 Å². The maximum absolute atomic E-state index is 12.4. The van der Waals surface area contributed by atoms with Gasteiger partial charge in [0.05, 0.1) is 6.04 Å². The molecule has 1 aromatic heterocycles. The van der Waals surface area contributed by atoms with E-state index in [9.17, 15) is 4.79 Å². The van der Waals surface area contributed by atoms with Crippen LogP contribution in [-0.4, -0.2) is 52.5 Å². The Bertz CT molecular complexity index is 632. The number of fused-ring (bicyclic) bond motifs is 1. The topological polar surface area (TPSA) is 58.6 Å². The average Bonchev–Trinajstić information content (AvgIpc) is 2.88. The van der Waals surface area contributed by atoms with Crippen LogP contribution < -0.4 is 4.90 Å². The second-order valence-electron chi connectivity index (χ2n) is 7.70. The van der Waals surface area contributed by atoms with Crippen LogP contribution in [0.1, 0.15) is 39.2 Å². The summed E-state index contributed by atoms with van der Waals surface area (Å²) in [5.41, 5.74) is 0.548. The fraction of sp³-hybridized carbons (Fsp3) is 0.706. The van der Waals surface area contributed by atoms with Gasteiger partial charge in [-0.15, -0.1) is 10.2 Å². The summed E-state index contributed by atoms with van der Waals surface area (Å²) in [4.78, 5) is 16.5. The first-order valence-corrected chi connectivity index (χ1v) is 8.87. The first-order valence-electron chi connectivity index (χ1n) is 8.49. The lowest BCUT2D eigenvalue weighted by Gasteiger charge is -2.39. The number of aryl methyl sites for hydroxylation is 1. The molecule has 0 unspecified atom stereocenters. The number of anilines is 1. The number of rotatable bonds is 1. The highest BCUT2D eigenvalue weighted by Crippen LogP contribution is 2.36. The Labute approximate surface area is 148 Å². The largest absolute Gasteiger partial charge is 0.444 e. The van der Waals surface area contributed by atoms with Crippen LogP contribution in [-0.2, 0) is 4.74 Å². The van der Waals surface area contributed by atoms with Gasteiger partial charge in [0.1, 0.15) is 5.60 Å². The fourth-order valence-electron chi connectivity index (χ4n) is 3.63. The van der Waals surface area contributed by atoms with Crippen LogP contribution in [0.2, 0.25) is 5.15 Å². The molecule has 0 aliphatic carbocycles. The van der Waals surface area contributed by atoms with Crippen molar-refractivity contribution in [2.75, 3.05) is 24.5 Å². The van der Waals surface area contributed by atoms with E-state index in [1.807, 2.05) is 38.7 Å². The van der Waals surface area contributed by atoms with Crippen molar-refractivity contribution in [1.29, 1.82) is 0 Å². The Hall–Kier alpha value is -1.56. The van der Waals surface area contributed by atoms with Gasteiger partial charge >= 0.3 is 6.09 Å². The van der Waals surface area contributed by atoms with Gasteiger partial charge in [0.15, 0.2) is 11.0 Å². The number of aromatic nitrogens is 2. The van der Waals surface area contributed by atoms with Crippen molar-refractivity contribution in [3.63, 3.8) is 0 Å². The number of carbonyl (C=O) groups excluding carboxylic acids is 1. The van der Waals surface area contributed by atoms with E-state index in [-0.39, 0.29) is 12.1 Å². The molecular formula is C17H25ClN4O2. The molecule has 3 heterocycles. The third kappa shape index (κ3) is 3.58. The number of piperidine rings is 1. The molecule has 24 heavy (non-hydrogen) atoms. The molecule has 0 N–H and O–H groups in total. The molecule has 0 radical (unpaired) electrons. The van der Waals surface area contributed by atoms with Crippen molar-refractivity contribution in [2.45, 2.75) is 52.2 Å². The Morgan fingerprint density at radius 3 is 2.67 bits per heavy atom. The molecule has 2 aliphatic rings. The zero-order valence-corrected chi connectivity index (χ0v) is 15.5. The van der Waals surface area contributed by atoms with Crippen LogP contribution in [0.4, 0.5) is 10.6 Å². The number of likely N-dealkylation sites (tertiary alicyclic amines) is 1. The van der Waals surface area contributed by atoms with Gasteiger partial charge in [0.25, 0.3) is 0 Å². The molecule has 132 valence electrons. The number of hydrogen-bond acceptors (Lipinski definition) is 5. The predicted octanol–water partition coefficient (Wildman–Crippen LogP) is 3.27. The number of nitrogens with zero attached hydrogens (tertiary/aromatic N) is 4. The van der Waals surface area contributed by atoms with Crippen molar-refractivity contribution in [3.8, 4) is 0 Å². The minimum atomic E-state index is -0.471. The van der Waals surface area contributed by atoms with Crippen LogP contribution in [0.25, 0.3) is 0 Å². The maximum Gasteiger partial charge on any atom is 0.410 e. The Balaban J connectivity index is 1.75. The van der Waals surface area contributed by atoms with Gasteiger partial charge in [0, 0.05) is 19.6 Å². The summed E-state index contributed by atoms with van der Waals surface area (Å²) in [6.45, 7) is 10.1. The van der Waals surface area contributed by atoms with Crippen LogP contribution in [0.3, 0.4) is 0 Å². The molecule has 3 rings (SSSR count). The number of hydrogen-bond donors (Lipinski definition) is 0. The van der Waals surface area contributed by atoms with Crippen LogP contribution in [0.15, 0.2) is 6.07 Å². The van der Waals surface area contributed by atoms with Crippen molar-refractivity contribution in [1.82, 2.24) is 15.1 Å². The van der Waals surface area contributed by atoms with Gasteiger partial charge in [-0.1, -0.05) is 11.6 Å². The summed E-state index contributed by atoms with van der Waals surface area (Å²) >= 11 is 5.93. The number of halogens is 1. The van der Waals surface area contributed by atoms with E-state index in [1.54, 1.807) is 0 Å². The second-order valence-corrected chi connectivity index (χ2v) is 8.09. The lowest BCUT2D eigenvalue weighted by atomic mass is 9.92. The molecule has 2 atom stereocenters. The van der Waals surface area contributed by atoms with Gasteiger partial charge in [-0.2, -0.15) is 0 Å². The highest BCUT2D eigenvalue weighted by Gasteiger charge is 2.41. The SMILES string of the molecule is Cc1cc(Cl)nnc1N1CC[C@@H]2CCN(C(=O)OC(C)(C)C)C[C@@H]21. The lowest BCUT2D eigenvalue weighted by Crippen LogP contribution is -2.51. The van der Waals surface area contributed by atoms with E-state index in [4.69, 9.17) is 16.3 Å². The number of amides is 1. The monoisotopic (exact) mass is 352 g/mol. The molecule has 2 fully saturated rings. The molecule has 0 saturated carbocycles. The maximum atomic E-state index is 12.4. The predicted molar refractivity (Wildman–Crippen MR) is 93.4 cm³/mol. The molecular weight excluding hydrogens is 328 g/mol. The first-order chi connectivity index (χ1) is 11.2. The lowest BCUT2D eigenvalue weighted by molar-refractivity contribution is 0.0173. The van der Waals surface area contributed by atoms with Gasteiger partial charge in [-0.05, 0) is 58.1 Å². The Morgan fingerprint density at radius 2 is 2.00 bits per heavy atom. The summed E-state index contributed by atoms with van der Waals surface area (Å²) in [5.74, 6) is 1.46. The zero-order chi connectivity index (χ0) is 17.5. The first kappa shape index (κ1) is 17.3. The van der Waals surface area contributed by atoms with E-state index in [1.165, 1.54) is 0 Å². The van der Waals surface area contributed by atoms with E-state index < -0.39 is 5.60 Å². The molecule has 0 aromatic carbocycles. The molecule has 1 aromatic rings. The third-order valence-electron chi connectivity index (χ3n) is 4.71. The summed E-state index contributed by atoms with van der Waals surface area (Å²) in [6, 6.07) is 2.10. The van der Waals surface area contributed by atoms with E-state index in [0.717, 1.165) is 37.3 Å². The summed E-state index contributed by atoms with van der Waals surface area (Å²) in [5, 5.41) is 8.69. The van der Waals surface area contributed by atoms with Gasteiger partial charge in [0.2, 0.25) is 0 Å². The highest BCUT2D eigenvalue weighted by atomic mass is 35.5. The number of carbonyl (C=O) groups is 1. The molecule has 7 heteroatoms. The fourth-order valence-corrected chi connectivity index (χ4v) is 3.83. The van der Waals surface area contributed by atoms with Crippen molar-refractivity contribution in [3.05, 3.63) is 16.8 Å². The van der Waals surface area contributed by atoms with E-state index in [2.05, 4.69) is 15.1 Å². The summed E-state index contributed by atoms with van der Waals surface area (Å²) in [7, 11) is 0. The minimum Gasteiger partial charge on any atom is -0.444 e. The average molecular weight is 353 g/mol. The quantitative estimate of drug-likeness (QED) is 0.776. The molecule has 0 bridgehead atoms. The summed E-state index contributed by atoms with van der Waals surface area (Å²) in [6.07, 6.45) is 1.89. The normalized spacial score (nSPS) is 24.0. The molecule has 6 nitrogen and oxygen atoms in total. The van der Waals surface area contributed by atoms with Gasteiger partial charge in [-0.25, -0.2) is 4.79 Å². The highest BCUT2D eigenvalue weighted by molar-refractivity contribution is 6.29. The third-order valence-corrected chi connectivity index (χ3v) is 4.90. The summed E-state index contributed by atoms with van der Waals surface area (Å²) < 4.78 is 5.53. The van der Waals surface area contributed by atoms with E-state index >= 15 is 0 Å². The minimum absolute atomic E-state index is 0.230. The van der Waals surface area contributed by atoms with Crippen molar-refractivity contribution < 1.29 is 9.53 Å². The van der Waals surface area contributed by atoms with Crippen molar-refractivity contribution in [2.24, 2.45) is 5.92 Å². The van der Waals surface area contributed by atoms with E-state index in [0.29, 0.717) is 17.6 Å². The molecule has 2 saturated heterocycles. The second kappa shape index (κ2) is 6.39. The standard InChI is InChI=1S/C17H25ClN4O2/c1-11-9-14(18)19-20-15(11)22-8-6-12-5-7-21(10-13(12)22)16(23)24-17(2,3)4/h9,12-13H,5-8,10H2,1-4H3/t12-,13-/m0/s1. The van der Waals surface area contributed by atoms with Crippen LogP contribution >= 0.6 is 11.6 Å². The smallest absolute Gasteiger partial charge is 0.410 e. The Morgan fingerprint density at radius 1 is 1.29 bits per heavy atom. The molecule has 1 amide bonds. The molecule has 2 aliphatic heterocycles. The van der Waals surface area contributed by atoms with Gasteiger partial charge < -0.3 is 14.5 Å². The van der Waals surface area contributed by atoms with Crippen molar-refractivity contribution >= 4 is 23.5 Å². The molecule has 0 spiro atoms. The zero-order valence-electron chi connectivity index (χ0n) is 14.8. The van der Waals surface area contributed by atoms with Gasteiger partial charge in [-0.3, -0.25) is 0 Å².